The van der Waals surface area contributed by atoms with Gasteiger partial charge < -0.3 is 14.5 Å². The minimum atomic E-state index is -0.147. The quantitative estimate of drug-likeness (QED) is 0.549. The Morgan fingerprint density at radius 2 is 1.93 bits per heavy atom. The fourth-order valence-electron chi connectivity index (χ4n) is 3.46. The van der Waals surface area contributed by atoms with Gasteiger partial charge in [-0.25, -0.2) is 4.98 Å². The highest BCUT2D eigenvalue weighted by atomic mass is 32.1. The molecule has 0 atom stereocenters. The molecule has 1 fully saturated rings. The van der Waals surface area contributed by atoms with Crippen LogP contribution in [0.1, 0.15) is 12.8 Å². The molecule has 0 spiro atoms. The number of fused-ring (bicyclic) bond motifs is 1. The minimum Gasteiger partial charge on any atom is -0.490 e. The number of ether oxygens (including phenoxy) is 2. The Balaban J connectivity index is 1.48. The highest BCUT2D eigenvalue weighted by Crippen LogP contribution is 2.33. The molecule has 3 aromatic heterocycles. The summed E-state index contributed by atoms with van der Waals surface area (Å²) < 4.78 is 12.0. The number of nitrogens with zero attached hydrogens (tertiary/aromatic N) is 2. The summed E-state index contributed by atoms with van der Waals surface area (Å²) in [5.74, 6) is 1.32. The zero-order valence-electron chi connectivity index (χ0n) is 15.6. The summed E-state index contributed by atoms with van der Waals surface area (Å²) in [6, 6.07) is 13.5. The predicted octanol–water partition coefficient (Wildman–Crippen LogP) is 4.27. The van der Waals surface area contributed by atoms with Crippen LogP contribution in [0.5, 0.6) is 5.75 Å². The summed E-state index contributed by atoms with van der Waals surface area (Å²) in [7, 11) is 0. The SMILES string of the molecule is O=c1[nH]c(-c2ccccn2)nc2c(-c3ccc(OC4CCOCC4)cc3)csc12. The van der Waals surface area contributed by atoms with Crippen LogP contribution >= 0.6 is 11.3 Å². The van der Waals surface area contributed by atoms with Crippen molar-refractivity contribution >= 4 is 21.6 Å². The maximum atomic E-state index is 12.5. The van der Waals surface area contributed by atoms with Crippen LogP contribution < -0.4 is 10.3 Å². The van der Waals surface area contributed by atoms with E-state index in [1.165, 1.54) is 11.3 Å². The first-order valence-corrected chi connectivity index (χ1v) is 10.4. The molecule has 4 aromatic rings. The lowest BCUT2D eigenvalue weighted by Crippen LogP contribution is -2.25. The van der Waals surface area contributed by atoms with E-state index in [1.54, 1.807) is 6.20 Å². The molecule has 0 amide bonds. The lowest BCUT2D eigenvalue weighted by atomic mass is 10.1. The second kappa shape index (κ2) is 7.77. The van der Waals surface area contributed by atoms with E-state index in [-0.39, 0.29) is 11.7 Å². The molecular formula is C22H19N3O3S. The van der Waals surface area contributed by atoms with Crippen molar-refractivity contribution in [2.45, 2.75) is 18.9 Å². The molecule has 6 nitrogen and oxygen atoms in total. The van der Waals surface area contributed by atoms with E-state index < -0.39 is 0 Å². The van der Waals surface area contributed by atoms with Crippen molar-refractivity contribution in [2.24, 2.45) is 0 Å². The van der Waals surface area contributed by atoms with Crippen LogP contribution in [-0.2, 0) is 4.74 Å². The lowest BCUT2D eigenvalue weighted by molar-refractivity contribution is 0.0256. The van der Waals surface area contributed by atoms with Gasteiger partial charge in [-0.1, -0.05) is 18.2 Å². The summed E-state index contributed by atoms with van der Waals surface area (Å²) in [6.45, 7) is 1.50. The number of nitrogens with one attached hydrogen (secondary N) is 1. The van der Waals surface area contributed by atoms with E-state index in [4.69, 9.17) is 14.5 Å². The normalized spacial score (nSPS) is 14.9. The summed E-state index contributed by atoms with van der Waals surface area (Å²) in [5.41, 5.74) is 3.12. The number of hydrogen-bond acceptors (Lipinski definition) is 6. The molecule has 1 saturated heterocycles. The van der Waals surface area contributed by atoms with Crippen LogP contribution in [0.15, 0.2) is 58.8 Å². The number of hydrogen-bond donors (Lipinski definition) is 1. The van der Waals surface area contributed by atoms with Gasteiger partial charge in [-0.05, 0) is 29.8 Å². The van der Waals surface area contributed by atoms with Crippen molar-refractivity contribution in [2.75, 3.05) is 13.2 Å². The molecule has 5 rings (SSSR count). The number of H-pyrrole nitrogens is 1. The Kier molecular flexibility index (Phi) is 4.83. The molecule has 7 heteroatoms. The highest BCUT2D eigenvalue weighted by molar-refractivity contribution is 7.17. The zero-order valence-corrected chi connectivity index (χ0v) is 16.4. The summed E-state index contributed by atoms with van der Waals surface area (Å²) in [6.07, 6.45) is 3.73. The second-order valence-electron chi connectivity index (χ2n) is 6.91. The standard InChI is InChI=1S/C22H19N3O3S/c26-22-20-19(24-21(25-22)18-3-1-2-10-23-18)17(13-29-20)14-4-6-15(7-5-14)28-16-8-11-27-12-9-16/h1-7,10,13,16H,8-9,11-12H2,(H,24,25,26). The second-order valence-corrected chi connectivity index (χ2v) is 7.79. The van der Waals surface area contributed by atoms with Crippen molar-refractivity contribution in [1.82, 2.24) is 15.0 Å². The van der Waals surface area contributed by atoms with Gasteiger partial charge in [0.1, 0.15) is 22.2 Å². The van der Waals surface area contributed by atoms with Crippen LogP contribution in [0.4, 0.5) is 0 Å². The van der Waals surface area contributed by atoms with Crippen LogP contribution in [0.2, 0.25) is 0 Å². The van der Waals surface area contributed by atoms with Gasteiger partial charge in [0.2, 0.25) is 0 Å². The van der Waals surface area contributed by atoms with Gasteiger partial charge in [-0.15, -0.1) is 11.3 Å². The molecule has 1 aliphatic heterocycles. The van der Waals surface area contributed by atoms with E-state index in [9.17, 15) is 4.79 Å². The van der Waals surface area contributed by atoms with Crippen molar-refractivity contribution in [1.29, 1.82) is 0 Å². The van der Waals surface area contributed by atoms with Gasteiger partial charge in [0.25, 0.3) is 5.56 Å². The molecule has 0 aliphatic carbocycles. The Morgan fingerprint density at radius 3 is 2.69 bits per heavy atom. The molecule has 29 heavy (non-hydrogen) atoms. The van der Waals surface area contributed by atoms with Crippen LogP contribution in [0.25, 0.3) is 32.9 Å². The Bertz CT molecular complexity index is 1180. The number of thiophene rings is 1. The lowest BCUT2D eigenvalue weighted by Gasteiger charge is -2.23. The number of pyridine rings is 1. The van der Waals surface area contributed by atoms with Crippen LogP contribution in [0.3, 0.4) is 0 Å². The fraction of sp³-hybridized carbons (Fsp3) is 0.227. The van der Waals surface area contributed by atoms with Gasteiger partial charge in [-0.2, -0.15) is 0 Å². The monoisotopic (exact) mass is 405 g/mol. The van der Waals surface area contributed by atoms with Crippen LogP contribution in [-0.4, -0.2) is 34.3 Å². The minimum absolute atomic E-state index is 0.147. The predicted molar refractivity (Wildman–Crippen MR) is 113 cm³/mol. The average molecular weight is 405 g/mol. The maximum absolute atomic E-state index is 12.5. The Labute approximate surface area is 171 Å². The van der Waals surface area contributed by atoms with Crippen molar-refractivity contribution in [3.63, 3.8) is 0 Å². The molecule has 1 N–H and O–H groups in total. The average Bonchev–Trinajstić information content (AvgIpc) is 3.20. The van der Waals surface area contributed by atoms with E-state index >= 15 is 0 Å². The number of aromatic nitrogens is 3. The number of rotatable bonds is 4. The molecule has 4 heterocycles. The van der Waals surface area contributed by atoms with Gasteiger partial charge in [0.15, 0.2) is 5.82 Å². The van der Waals surface area contributed by atoms with E-state index in [1.807, 2.05) is 47.8 Å². The summed E-state index contributed by atoms with van der Waals surface area (Å²) >= 11 is 1.40. The molecule has 0 saturated carbocycles. The summed E-state index contributed by atoms with van der Waals surface area (Å²) in [4.78, 5) is 24.4. The largest absolute Gasteiger partial charge is 0.490 e. The molecule has 1 aromatic carbocycles. The first kappa shape index (κ1) is 18.0. The molecule has 146 valence electrons. The maximum Gasteiger partial charge on any atom is 0.269 e. The van der Waals surface area contributed by atoms with E-state index in [0.29, 0.717) is 21.7 Å². The van der Waals surface area contributed by atoms with Gasteiger partial charge in [-0.3, -0.25) is 9.78 Å². The third-order valence-electron chi connectivity index (χ3n) is 4.97. The number of aromatic amines is 1. The third-order valence-corrected chi connectivity index (χ3v) is 5.94. The molecule has 1 aliphatic rings. The topological polar surface area (TPSA) is 77.1 Å². The zero-order chi connectivity index (χ0) is 19.6. The molecule has 0 unspecified atom stereocenters. The first-order chi connectivity index (χ1) is 14.3. The summed E-state index contributed by atoms with van der Waals surface area (Å²) in [5, 5.41) is 1.98. The highest BCUT2D eigenvalue weighted by Gasteiger charge is 2.16. The fourth-order valence-corrected chi connectivity index (χ4v) is 4.36. The first-order valence-electron chi connectivity index (χ1n) is 9.56. The molecular weight excluding hydrogens is 386 g/mol. The van der Waals surface area contributed by atoms with Crippen LogP contribution in [0, 0.1) is 0 Å². The number of benzene rings is 1. The third kappa shape index (κ3) is 3.66. The Hall–Kier alpha value is -3.03. The molecule has 0 bridgehead atoms. The van der Waals surface area contributed by atoms with Gasteiger partial charge in [0.05, 0.1) is 18.7 Å². The van der Waals surface area contributed by atoms with Crippen molar-refractivity contribution in [3.8, 4) is 28.4 Å². The molecule has 0 radical (unpaired) electrons. The van der Waals surface area contributed by atoms with E-state index in [2.05, 4.69) is 9.97 Å². The van der Waals surface area contributed by atoms with Crippen molar-refractivity contribution < 1.29 is 9.47 Å². The Morgan fingerprint density at radius 1 is 1.10 bits per heavy atom. The van der Waals surface area contributed by atoms with Crippen molar-refractivity contribution in [3.05, 3.63) is 64.4 Å². The smallest absolute Gasteiger partial charge is 0.269 e. The van der Waals surface area contributed by atoms with Gasteiger partial charge >= 0.3 is 0 Å². The van der Waals surface area contributed by atoms with E-state index in [0.717, 1.165) is 42.9 Å². The van der Waals surface area contributed by atoms with Gasteiger partial charge in [0, 0.05) is 30.0 Å².